The van der Waals surface area contributed by atoms with Gasteiger partial charge in [0.25, 0.3) is 0 Å². The molecule has 102 valence electrons. The van der Waals surface area contributed by atoms with Crippen LogP contribution in [0.15, 0.2) is 0 Å². The normalized spacial score (nSPS) is 27.4. The second-order valence-electron chi connectivity index (χ2n) is 6.55. The Labute approximate surface area is 108 Å². The lowest BCUT2D eigenvalue weighted by molar-refractivity contribution is 0.100. The average Bonchev–Trinajstić information content (AvgIpc) is 2.31. The molecule has 1 atom stereocenters. The number of nitrogens with zero attached hydrogens (tertiary/aromatic N) is 2. The van der Waals surface area contributed by atoms with Gasteiger partial charge in [0.15, 0.2) is 0 Å². The van der Waals surface area contributed by atoms with Crippen LogP contribution in [-0.2, 0) is 0 Å². The molecule has 1 unspecified atom stereocenters. The maximum atomic E-state index is 3.33. The van der Waals surface area contributed by atoms with Gasteiger partial charge in [-0.1, -0.05) is 13.8 Å². The first kappa shape index (κ1) is 14.9. The van der Waals surface area contributed by atoms with Crippen molar-refractivity contribution in [2.45, 2.75) is 45.7 Å². The predicted molar refractivity (Wildman–Crippen MR) is 75.5 cm³/mol. The maximum Gasteiger partial charge on any atom is 0.0344 e. The summed E-state index contributed by atoms with van der Waals surface area (Å²) in [5, 5.41) is 3.33. The van der Waals surface area contributed by atoms with Crippen molar-refractivity contribution >= 4 is 0 Å². The molecule has 0 aromatic carbocycles. The molecule has 1 aliphatic heterocycles. The lowest BCUT2D eigenvalue weighted by Gasteiger charge is -2.39. The maximum absolute atomic E-state index is 3.33. The molecule has 1 fully saturated rings. The Morgan fingerprint density at radius 1 is 1.35 bits per heavy atom. The van der Waals surface area contributed by atoms with Crippen molar-refractivity contribution in [3.63, 3.8) is 0 Å². The van der Waals surface area contributed by atoms with Crippen molar-refractivity contribution in [3.05, 3.63) is 0 Å². The van der Waals surface area contributed by atoms with Crippen LogP contribution < -0.4 is 5.32 Å². The highest BCUT2D eigenvalue weighted by Gasteiger charge is 2.33. The SMILES string of the molecule is CNCC1CN(CC(C)C)C(C)(C)CCN1C. The van der Waals surface area contributed by atoms with Crippen LogP contribution in [0.2, 0.25) is 0 Å². The zero-order chi connectivity index (χ0) is 13.1. The summed E-state index contributed by atoms with van der Waals surface area (Å²) in [6.45, 7) is 14.1. The van der Waals surface area contributed by atoms with Crippen molar-refractivity contribution in [2.75, 3.05) is 40.3 Å². The molecule has 0 saturated carbocycles. The first-order valence-electron chi connectivity index (χ1n) is 6.96. The van der Waals surface area contributed by atoms with Crippen LogP contribution in [0.4, 0.5) is 0 Å². The molecule has 1 saturated heterocycles. The number of rotatable bonds is 4. The third-order valence-corrected chi connectivity index (χ3v) is 4.01. The molecular formula is C14H31N3. The van der Waals surface area contributed by atoms with E-state index in [9.17, 15) is 0 Å². The Balaban J connectivity index is 2.75. The molecule has 0 aromatic heterocycles. The molecule has 1 heterocycles. The van der Waals surface area contributed by atoms with E-state index < -0.39 is 0 Å². The van der Waals surface area contributed by atoms with Crippen LogP contribution >= 0.6 is 0 Å². The second-order valence-corrected chi connectivity index (χ2v) is 6.55. The molecule has 1 N–H and O–H groups in total. The highest BCUT2D eigenvalue weighted by atomic mass is 15.3. The summed E-state index contributed by atoms with van der Waals surface area (Å²) in [5.41, 5.74) is 0.334. The van der Waals surface area contributed by atoms with E-state index in [4.69, 9.17) is 0 Å². The Kier molecular flexibility index (Phi) is 5.42. The molecule has 0 bridgehead atoms. The minimum atomic E-state index is 0.334. The standard InChI is InChI=1S/C14H31N3/c1-12(2)10-17-11-13(9-15-5)16(6)8-7-14(17,3)4/h12-13,15H,7-11H2,1-6H3. The van der Waals surface area contributed by atoms with Crippen LogP contribution in [-0.4, -0.2) is 61.7 Å². The van der Waals surface area contributed by atoms with Crippen LogP contribution in [0.3, 0.4) is 0 Å². The smallest absolute Gasteiger partial charge is 0.0344 e. The van der Waals surface area contributed by atoms with E-state index in [2.05, 4.69) is 56.9 Å². The lowest BCUT2D eigenvalue weighted by atomic mass is 9.97. The van der Waals surface area contributed by atoms with Gasteiger partial charge in [-0.25, -0.2) is 0 Å². The van der Waals surface area contributed by atoms with Gasteiger partial charge < -0.3 is 10.2 Å². The second kappa shape index (κ2) is 6.17. The van der Waals surface area contributed by atoms with Crippen molar-refractivity contribution in [1.82, 2.24) is 15.1 Å². The van der Waals surface area contributed by atoms with E-state index in [-0.39, 0.29) is 0 Å². The van der Waals surface area contributed by atoms with Gasteiger partial charge in [-0.3, -0.25) is 4.90 Å². The average molecular weight is 241 g/mol. The summed E-state index contributed by atoms with van der Waals surface area (Å²) >= 11 is 0. The van der Waals surface area contributed by atoms with E-state index in [1.54, 1.807) is 0 Å². The van der Waals surface area contributed by atoms with E-state index in [0.29, 0.717) is 11.6 Å². The predicted octanol–water partition coefficient (Wildman–Crippen LogP) is 1.65. The summed E-state index contributed by atoms with van der Waals surface area (Å²) in [6, 6.07) is 0.639. The topological polar surface area (TPSA) is 18.5 Å². The molecule has 0 aliphatic carbocycles. The van der Waals surface area contributed by atoms with Crippen LogP contribution in [0.1, 0.15) is 34.1 Å². The van der Waals surface area contributed by atoms with Crippen LogP contribution in [0.25, 0.3) is 0 Å². The van der Waals surface area contributed by atoms with Crippen molar-refractivity contribution < 1.29 is 0 Å². The summed E-state index contributed by atoms with van der Waals surface area (Å²) < 4.78 is 0. The monoisotopic (exact) mass is 241 g/mol. The molecule has 3 heteroatoms. The van der Waals surface area contributed by atoms with Crippen molar-refractivity contribution in [2.24, 2.45) is 5.92 Å². The summed E-state index contributed by atoms with van der Waals surface area (Å²) in [6.07, 6.45) is 1.26. The summed E-state index contributed by atoms with van der Waals surface area (Å²) in [7, 11) is 4.31. The number of likely N-dealkylation sites (N-methyl/N-ethyl adjacent to an activating group) is 2. The Bertz CT molecular complexity index is 226. The molecule has 1 aliphatic rings. The number of nitrogens with one attached hydrogen (secondary N) is 1. The Morgan fingerprint density at radius 3 is 2.53 bits per heavy atom. The van der Waals surface area contributed by atoms with Gasteiger partial charge in [0, 0.05) is 31.2 Å². The zero-order valence-corrected chi connectivity index (χ0v) is 12.6. The highest BCUT2D eigenvalue weighted by Crippen LogP contribution is 2.25. The van der Waals surface area contributed by atoms with E-state index in [0.717, 1.165) is 12.5 Å². The van der Waals surface area contributed by atoms with Gasteiger partial charge in [-0.2, -0.15) is 0 Å². The molecule has 1 rings (SSSR count). The molecule has 0 radical (unpaired) electrons. The Hall–Kier alpha value is -0.120. The Morgan fingerprint density at radius 2 is 2.00 bits per heavy atom. The third-order valence-electron chi connectivity index (χ3n) is 4.01. The number of hydrogen-bond acceptors (Lipinski definition) is 3. The molecule has 0 spiro atoms. The highest BCUT2D eigenvalue weighted by molar-refractivity contribution is 4.90. The lowest BCUT2D eigenvalue weighted by Crippen LogP contribution is -2.50. The van der Waals surface area contributed by atoms with Gasteiger partial charge in [0.2, 0.25) is 0 Å². The van der Waals surface area contributed by atoms with Gasteiger partial charge in [-0.05, 0) is 46.8 Å². The molecular weight excluding hydrogens is 210 g/mol. The van der Waals surface area contributed by atoms with Crippen LogP contribution in [0.5, 0.6) is 0 Å². The zero-order valence-electron chi connectivity index (χ0n) is 12.6. The van der Waals surface area contributed by atoms with Crippen molar-refractivity contribution in [3.8, 4) is 0 Å². The first-order valence-corrected chi connectivity index (χ1v) is 6.96. The number of hydrogen-bond donors (Lipinski definition) is 1. The van der Waals surface area contributed by atoms with Crippen LogP contribution in [0, 0.1) is 5.92 Å². The van der Waals surface area contributed by atoms with E-state index in [1.807, 2.05) is 0 Å². The van der Waals surface area contributed by atoms with Gasteiger partial charge >= 0.3 is 0 Å². The van der Waals surface area contributed by atoms with Gasteiger partial charge in [0.05, 0.1) is 0 Å². The van der Waals surface area contributed by atoms with Gasteiger partial charge in [-0.15, -0.1) is 0 Å². The van der Waals surface area contributed by atoms with E-state index >= 15 is 0 Å². The van der Waals surface area contributed by atoms with Gasteiger partial charge in [0.1, 0.15) is 0 Å². The van der Waals surface area contributed by atoms with E-state index in [1.165, 1.54) is 26.1 Å². The molecule has 17 heavy (non-hydrogen) atoms. The largest absolute Gasteiger partial charge is 0.318 e. The summed E-state index contributed by atoms with van der Waals surface area (Å²) in [4.78, 5) is 5.20. The fourth-order valence-corrected chi connectivity index (χ4v) is 2.65. The molecule has 0 amide bonds. The first-order chi connectivity index (χ1) is 7.86. The fraction of sp³-hybridized carbons (Fsp3) is 1.00. The van der Waals surface area contributed by atoms with Crippen molar-refractivity contribution in [1.29, 1.82) is 0 Å². The minimum Gasteiger partial charge on any atom is -0.318 e. The third kappa shape index (κ3) is 4.23. The fourth-order valence-electron chi connectivity index (χ4n) is 2.65. The quantitative estimate of drug-likeness (QED) is 0.807. The molecule has 3 nitrogen and oxygen atoms in total. The summed E-state index contributed by atoms with van der Waals surface area (Å²) in [5.74, 6) is 0.743. The molecule has 0 aromatic rings. The minimum absolute atomic E-state index is 0.334.